The number of rotatable bonds is 8. The maximum absolute atomic E-state index is 13.6. The van der Waals surface area contributed by atoms with Crippen LogP contribution in [0.2, 0.25) is 0 Å². The van der Waals surface area contributed by atoms with Crippen molar-refractivity contribution in [3.8, 4) is 22.8 Å². The molecule has 34 heavy (non-hydrogen) atoms. The fourth-order valence-corrected chi connectivity index (χ4v) is 3.86. The highest BCUT2D eigenvalue weighted by Crippen LogP contribution is 2.33. The van der Waals surface area contributed by atoms with Gasteiger partial charge in [0, 0.05) is 24.3 Å². The summed E-state index contributed by atoms with van der Waals surface area (Å²) in [4.78, 5) is 10.8. The first-order chi connectivity index (χ1) is 16.5. The monoisotopic (exact) mass is 470 g/mol. The first-order valence-corrected chi connectivity index (χ1v) is 11.1. The topological polar surface area (TPSA) is 68.7 Å². The Morgan fingerprint density at radius 2 is 1.65 bits per heavy atom. The molecule has 0 amide bonds. The standard InChI is InChI=1S/C25H28F2N4O3/c1-16(17-4-7-19(8-5-17)31-10-12-34-13-11-31)28-25-29-20(15-21(30-25)24(26)27)18-6-9-22(32-2)23(14-18)33-3/h4-9,14-16,24H,10-13H2,1-3H3,(H,28,29,30)/t16-/m1/s1. The zero-order valence-corrected chi connectivity index (χ0v) is 19.4. The second-order valence-electron chi connectivity index (χ2n) is 7.93. The normalized spacial score (nSPS) is 14.7. The molecule has 1 aliphatic heterocycles. The predicted molar refractivity (Wildman–Crippen MR) is 127 cm³/mol. The molecule has 0 unspecified atom stereocenters. The van der Waals surface area contributed by atoms with Crippen molar-refractivity contribution in [1.29, 1.82) is 0 Å². The second-order valence-corrected chi connectivity index (χ2v) is 7.93. The van der Waals surface area contributed by atoms with E-state index in [-0.39, 0.29) is 17.7 Å². The van der Waals surface area contributed by atoms with E-state index in [4.69, 9.17) is 14.2 Å². The van der Waals surface area contributed by atoms with Crippen LogP contribution in [-0.4, -0.2) is 50.5 Å². The number of hydrogen-bond acceptors (Lipinski definition) is 7. The third-order valence-electron chi connectivity index (χ3n) is 5.76. The van der Waals surface area contributed by atoms with Crippen molar-refractivity contribution < 1.29 is 23.0 Å². The molecule has 7 nitrogen and oxygen atoms in total. The van der Waals surface area contributed by atoms with Crippen molar-refractivity contribution >= 4 is 11.6 Å². The Bertz CT molecular complexity index is 1110. The van der Waals surface area contributed by atoms with Crippen molar-refractivity contribution in [1.82, 2.24) is 9.97 Å². The van der Waals surface area contributed by atoms with Crippen LogP contribution < -0.4 is 19.7 Å². The van der Waals surface area contributed by atoms with E-state index in [1.165, 1.54) is 20.3 Å². The van der Waals surface area contributed by atoms with Gasteiger partial charge in [-0.15, -0.1) is 0 Å². The van der Waals surface area contributed by atoms with E-state index >= 15 is 0 Å². The highest BCUT2D eigenvalue weighted by molar-refractivity contribution is 5.65. The van der Waals surface area contributed by atoms with E-state index in [1.807, 2.05) is 19.1 Å². The van der Waals surface area contributed by atoms with Crippen LogP contribution in [0.4, 0.5) is 20.4 Å². The van der Waals surface area contributed by atoms with Crippen LogP contribution in [0.5, 0.6) is 11.5 Å². The smallest absolute Gasteiger partial charge is 0.280 e. The molecule has 0 radical (unpaired) electrons. The number of ether oxygens (including phenoxy) is 3. The summed E-state index contributed by atoms with van der Waals surface area (Å²) in [6, 6.07) is 14.4. The van der Waals surface area contributed by atoms with Crippen LogP contribution in [0.1, 0.15) is 30.6 Å². The van der Waals surface area contributed by atoms with Gasteiger partial charge >= 0.3 is 0 Å². The van der Waals surface area contributed by atoms with Gasteiger partial charge in [-0.3, -0.25) is 0 Å². The van der Waals surface area contributed by atoms with Crippen molar-refractivity contribution in [3.05, 3.63) is 59.8 Å². The molecule has 180 valence electrons. The van der Waals surface area contributed by atoms with Crippen LogP contribution in [0.15, 0.2) is 48.5 Å². The minimum Gasteiger partial charge on any atom is -0.493 e. The molecule has 2 heterocycles. The summed E-state index contributed by atoms with van der Waals surface area (Å²) < 4.78 is 43.2. The molecule has 4 rings (SSSR count). The molecule has 0 bridgehead atoms. The number of morpholine rings is 1. The van der Waals surface area contributed by atoms with Gasteiger partial charge in [0.15, 0.2) is 11.5 Å². The first kappa shape index (κ1) is 23.7. The average molecular weight is 471 g/mol. The number of methoxy groups -OCH3 is 2. The Morgan fingerprint density at radius 1 is 0.941 bits per heavy atom. The van der Waals surface area contributed by atoms with E-state index in [9.17, 15) is 8.78 Å². The fraction of sp³-hybridized carbons (Fsp3) is 0.360. The molecule has 0 saturated carbocycles. The highest BCUT2D eigenvalue weighted by Gasteiger charge is 2.17. The lowest BCUT2D eigenvalue weighted by atomic mass is 10.1. The molecule has 1 aliphatic rings. The lowest BCUT2D eigenvalue weighted by Crippen LogP contribution is -2.36. The highest BCUT2D eigenvalue weighted by atomic mass is 19.3. The van der Waals surface area contributed by atoms with Crippen LogP contribution in [-0.2, 0) is 4.74 Å². The Kier molecular flexibility index (Phi) is 7.42. The Hall–Kier alpha value is -3.46. The van der Waals surface area contributed by atoms with Crippen LogP contribution in [0.25, 0.3) is 11.3 Å². The largest absolute Gasteiger partial charge is 0.493 e. The molecular formula is C25H28F2N4O3. The lowest BCUT2D eigenvalue weighted by molar-refractivity contribution is 0.122. The van der Waals surface area contributed by atoms with Gasteiger partial charge in [-0.2, -0.15) is 0 Å². The van der Waals surface area contributed by atoms with Gasteiger partial charge in [-0.25, -0.2) is 18.7 Å². The third-order valence-corrected chi connectivity index (χ3v) is 5.76. The van der Waals surface area contributed by atoms with E-state index < -0.39 is 6.43 Å². The summed E-state index contributed by atoms with van der Waals surface area (Å²) in [5, 5.41) is 3.17. The van der Waals surface area contributed by atoms with Crippen LogP contribution in [0, 0.1) is 0 Å². The van der Waals surface area contributed by atoms with Crippen LogP contribution >= 0.6 is 0 Å². The molecule has 3 aromatic rings. The summed E-state index contributed by atoms with van der Waals surface area (Å²) >= 11 is 0. The van der Waals surface area contributed by atoms with E-state index in [1.54, 1.807) is 18.2 Å². The number of hydrogen-bond donors (Lipinski definition) is 1. The van der Waals surface area contributed by atoms with Gasteiger partial charge in [-0.05, 0) is 48.9 Å². The Morgan fingerprint density at radius 3 is 2.29 bits per heavy atom. The Balaban J connectivity index is 1.57. The lowest BCUT2D eigenvalue weighted by Gasteiger charge is -2.29. The summed E-state index contributed by atoms with van der Waals surface area (Å²) in [6.07, 6.45) is -2.73. The van der Waals surface area contributed by atoms with Crippen molar-refractivity contribution in [2.75, 3.05) is 50.7 Å². The average Bonchev–Trinajstić information content (AvgIpc) is 2.88. The van der Waals surface area contributed by atoms with E-state index in [2.05, 4.69) is 32.3 Å². The third kappa shape index (κ3) is 5.36. The molecule has 9 heteroatoms. The first-order valence-electron chi connectivity index (χ1n) is 11.1. The van der Waals surface area contributed by atoms with Crippen LogP contribution in [0.3, 0.4) is 0 Å². The molecule has 1 atom stereocenters. The van der Waals surface area contributed by atoms with Gasteiger partial charge in [0.25, 0.3) is 6.43 Å². The molecular weight excluding hydrogens is 442 g/mol. The van der Waals surface area contributed by atoms with Crippen molar-refractivity contribution in [3.63, 3.8) is 0 Å². The zero-order chi connectivity index (χ0) is 24.1. The number of halogens is 2. The molecule has 1 N–H and O–H groups in total. The van der Waals surface area contributed by atoms with Gasteiger partial charge < -0.3 is 24.4 Å². The molecule has 0 spiro atoms. The molecule has 2 aromatic carbocycles. The quantitative estimate of drug-likeness (QED) is 0.491. The fourth-order valence-electron chi connectivity index (χ4n) is 3.86. The molecule has 0 aliphatic carbocycles. The zero-order valence-electron chi connectivity index (χ0n) is 19.4. The van der Waals surface area contributed by atoms with Gasteiger partial charge in [-0.1, -0.05) is 12.1 Å². The number of nitrogens with zero attached hydrogens (tertiary/aromatic N) is 3. The maximum atomic E-state index is 13.6. The molecule has 1 fully saturated rings. The van der Waals surface area contributed by atoms with Crippen molar-refractivity contribution in [2.24, 2.45) is 0 Å². The summed E-state index contributed by atoms with van der Waals surface area (Å²) in [5.74, 6) is 1.16. The Labute approximate surface area is 197 Å². The van der Waals surface area contributed by atoms with E-state index in [0.29, 0.717) is 22.8 Å². The number of benzene rings is 2. The summed E-state index contributed by atoms with van der Waals surface area (Å²) in [5.41, 5.74) is 2.76. The van der Waals surface area contributed by atoms with Gasteiger partial charge in [0.1, 0.15) is 5.69 Å². The molecule has 1 saturated heterocycles. The SMILES string of the molecule is COc1ccc(-c2cc(C(F)F)nc(N[C@H](C)c3ccc(N4CCOCC4)cc3)n2)cc1OC. The van der Waals surface area contributed by atoms with E-state index in [0.717, 1.165) is 37.6 Å². The molecule has 1 aromatic heterocycles. The number of aromatic nitrogens is 2. The second kappa shape index (κ2) is 10.6. The minimum absolute atomic E-state index is 0.132. The number of anilines is 2. The van der Waals surface area contributed by atoms with Gasteiger partial charge in [0.2, 0.25) is 5.95 Å². The number of nitrogens with one attached hydrogen (secondary N) is 1. The summed E-state index contributed by atoms with van der Waals surface area (Å²) in [7, 11) is 3.05. The van der Waals surface area contributed by atoms with Crippen molar-refractivity contribution in [2.45, 2.75) is 19.4 Å². The predicted octanol–water partition coefficient (Wildman–Crippen LogP) is 5.11. The minimum atomic E-state index is -2.73. The van der Waals surface area contributed by atoms with Gasteiger partial charge in [0.05, 0.1) is 39.2 Å². The summed E-state index contributed by atoms with van der Waals surface area (Å²) in [6.45, 7) is 5.11. The number of alkyl halides is 2. The maximum Gasteiger partial charge on any atom is 0.280 e.